The number of nitrogens with one attached hydrogen (secondary N) is 2. The molecule has 2 aliphatic rings. The maximum absolute atomic E-state index is 14.6. The van der Waals surface area contributed by atoms with Crippen molar-refractivity contribution in [1.82, 2.24) is 34.7 Å². The number of hydrogen-bond acceptors (Lipinski definition) is 9. The smallest absolute Gasteiger partial charge is 0.368 e. The molecule has 0 radical (unpaired) electrons. The van der Waals surface area contributed by atoms with Crippen molar-refractivity contribution in [2.75, 3.05) is 30.3 Å². The number of halogens is 2. The molecular weight excluding hydrogens is 460 g/mol. The molecule has 13 heteroatoms. The van der Waals surface area contributed by atoms with Gasteiger partial charge in [0.25, 0.3) is 0 Å². The number of benzene rings is 1. The van der Waals surface area contributed by atoms with Gasteiger partial charge in [-0.2, -0.15) is 14.3 Å². The fraction of sp³-hybridized carbons (Fsp3) is 0.500. The molecule has 2 fully saturated rings. The Labute approximate surface area is 199 Å². The molecule has 0 spiro atoms. The van der Waals surface area contributed by atoms with Crippen LogP contribution in [0.5, 0.6) is 5.75 Å². The second-order valence-electron chi connectivity index (χ2n) is 9.02. The molecule has 1 aromatic carbocycles. The van der Waals surface area contributed by atoms with Gasteiger partial charge in [-0.3, -0.25) is 0 Å². The minimum absolute atomic E-state index is 0.0278. The van der Waals surface area contributed by atoms with Crippen molar-refractivity contribution < 1.29 is 13.9 Å². The average Bonchev–Trinajstić information content (AvgIpc) is 3.19. The number of phenolic OH excluding ortho intramolecular Hbond substituents is 1. The van der Waals surface area contributed by atoms with Crippen LogP contribution in [0, 0.1) is 17.6 Å². The van der Waals surface area contributed by atoms with Crippen LogP contribution in [0.25, 0.3) is 5.69 Å². The Kier molecular flexibility index (Phi) is 6.32. The molecule has 0 saturated carbocycles. The number of anilines is 3. The summed E-state index contributed by atoms with van der Waals surface area (Å²) in [7, 11) is 1.39. The van der Waals surface area contributed by atoms with Gasteiger partial charge in [-0.1, -0.05) is 6.42 Å². The third kappa shape index (κ3) is 4.67. The second kappa shape index (κ2) is 9.56. The summed E-state index contributed by atoms with van der Waals surface area (Å²) in [5.74, 6) is -1.53. The summed E-state index contributed by atoms with van der Waals surface area (Å²) in [6, 6.07) is 2.52. The molecule has 0 amide bonds. The van der Waals surface area contributed by atoms with Crippen molar-refractivity contribution >= 4 is 17.5 Å². The highest BCUT2D eigenvalue weighted by molar-refractivity contribution is 5.63. The molecule has 11 nitrogen and oxygen atoms in total. The summed E-state index contributed by atoms with van der Waals surface area (Å²) in [5.41, 5.74) is -0.832. The van der Waals surface area contributed by atoms with Crippen LogP contribution in [-0.4, -0.2) is 65.4 Å². The van der Waals surface area contributed by atoms with E-state index in [1.54, 1.807) is 0 Å². The number of aryl methyl sites for hydroxylation is 1. The average molecular weight is 488 g/mol. The fourth-order valence-electron chi connectivity index (χ4n) is 5.00. The fourth-order valence-corrected chi connectivity index (χ4v) is 5.00. The number of aromatic hydroxyl groups is 1. The highest BCUT2D eigenvalue weighted by atomic mass is 19.1. The highest BCUT2D eigenvalue weighted by Crippen LogP contribution is 2.32. The van der Waals surface area contributed by atoms with Crippen LogP contribution in [0.2, 0.25) is 0 Å². The van der Waals surface area contributed by atoms with E-state index in [0.29, 0.717) is 18.5 Å². The summed E-state index contributed by atoms with van der Waals surface area (Å²) < 4.78 is 30.8. The van der Waals surface area contributed by atoms with Gasteiger partial charge in [-0.15, -0.1) is 0 Å². The highest BCUT2D eigenvalue weighted by Gasteiger charge is 2.32. The van der Waals surface area contributed by atoms with Gasteiger partial charge in [0, 0.05) is 25.7 Å². The topological polar surface area (TPSA) is 126 Å². The summed E-state index contributed by atoms with van der Waals surface area (Å²) in [6.45, 7) is 2.83. The predicted molar refractivity (Wildman–Crippen MR) is 124 cm³/mol. The molecule has 186 valence electrons. The Balaban J connectivity index is 1.34. The number of phenols is 1. The van der Waals surface area contributed by atoms with Gasteiger partial charge < -0.3 is 20.6 Å². The predicted octanol–water partition coefficient (Wildman–Crippen LogP) is 2.16. The summed E-state index contributed by atoms with van der Waals surface area (Å²) in [5, 5.41) is 23.2. The molecule has 2 unspecified atom stereocenters. The minimum atomic E-state index is -0.815. The number of aromatic nitrogens is 6. The molecule has 2 atom stereocenters. The van der Waals surface area contributed by atoms with E-state index in [1.807, 2.05) is 0 Å². The first kappa shape index (κ1) is 23.1. The van der Waals surface area contributed by atoms with Gasteiger partial charge >= 0.3 is 5.69 Å². The van der Waals surface area contributed by atoms with E-state index in [-0.39, 0.29) is 23.1 Å². The number of rotatable bonds is 6. The molecule has 2 aliphatic heterocycles. The van der Waals surface area contributed by atoms with Crippen LogP contribution in [-0.2, 0) is 7.05 Å². The second-order valence-corrected chi connectivity index (χ2v) is 9.02. The number of fused-ring (bicyclic) bond motifs is 1. The Bertz CT molecular complexity index is 1280. The van der Waals surface area contributed by atoms with Crippen molar-refractivity contribution in [1.29, 1.82) is 0 Å². The monoisotopic (exact) mass is 487 g/mol. The zero-order chi connectivity index (χ0) is 24.5. The van der Waals surface area contributed by atoms with Crippen LogP contribution >= 0.6 is 0 Å². The van der Waals surface area contributed by atoms with Gasteiger partial charge in [0.15, 0.2) is 17.5 Å². The van der Waals surface area contributed by atoms with E-state index in [9.17, 15) is 18.7 Å². The lowest BCUT2D eigenvalue weighted by molar-refractivity contribution is 0.0648. The number of nitrogens with zero attached hydrogens (tertiary/aromatic N) is 7. The number of piperidine rings is 2. The summed E-state index contributed by atoms with van der Waals surface area (Å²) in [6.07, 6.45) is 6.82. The van der Waals surface area contributed by atoms with Crippen molar-refractivity contribution in [2.24, 2.45) is 13.0 Å². The van der Waals surface area contributed by atoms with Crippen molar-refractivity contribution in [3.63, 3.8) is 0 Å². The Morgan fingerprint density at radius 1 is 1.11 bits per heavy atom. The van der Waals surface area contributed by atoms with Crippen LogP contribution in [0.3, 0.4) is 0 Å². The lowest BCUT2D eigenvalue weighted by Gasteiger charge is -2.44. The van der Waals surface area contributed by atoms with Crippen molar-refractivity contribution in [3.8, 4) is 11.4 Å². The third-order valence-corrected chi connectivity index (χ3v) is 6.76. The first-order valence-corrected chi connectivity index (χ1v) is 11.7. The van der Waals surface area contributed by atoms with Crippen molar-refractivity contribution in [3.05, 3.63) is 40.4 Å². The Morgan fingerprint density at radius 3 is 2.74 bits per heavy atom. The molecular formula is C22H27F2N9O2. The first-order chi connectivity index (χ1) is 16.9. The minimum Gasteiger partial charge on any atom is -0.506 e. The first-order valence-electron chi connectivity index (χ1n) is 11.7. The van der Waals surface area contributed by atoms with Crippen LogP contribution in [0.1, 0.15) is 32.1 Å². The van der Waals surface area contributed by atoms with Gasteiger partial charge in [-0.05, 0) is 61.2 Å². The Morgan fingerprint density at radius 2 is 1.94 bits per heavy atom. The van der Waals surface area contributed by atoms with Crippen LogP contribution < -0.4 is 16.3 Å². The maximum atomic E-state index is 14.6. The molecule has 0 bridgehead atoms. The van der Waals surface area contributed by atoms with Gasteiger partial charge in [0.05, 0.1) is 11.9 Å². The lowest BCUT2D eigenvalue weighted by Crippen LogP contribution is -2.49. The zero-order valence-electron chi connectivity index (χ0n) is 19.3. The van der Waals surface area contributed by atoms with Gasteiger partial charge in [0.2, 0.25) is 5.95 Å². The zero-order valence-corrected chi connectivity index (χ0v) is 19.3. The summed E-state index contributed by atoms with van der Waals surface area (Å²) >= 11 is 0. The molecule has 2 saturated heterocycles. The summed E-state index contributed by atoms with van der Waals surface area (Å²) in [4.78, 5) is 22.8. The van der Waals surface area contributed by atoms with Gasteiger partial charge in [0.1, 0.15) is 11.4 Å². The molecule has 35 heavy (non-hydrogen) atoms. The van der Waals surface area contributed by atoms with E-state index >= 15 is 0 Å². The quantitative estimate of drug-likeness (QED) is 0.449. The standard InChI is InChI=1S/C22H27F2N9O2/c1-31-22(35)33(30-29-31)18-10-16(14(23)9-19(18)34)27-21-26-12-15(24)20(28-21)25-11-13-5-4-8-32-7-3-2-6-17(13)32/h9-10,12-13,17,34H,2-8,11H2,1H3,(H2,25,26,27,28). The van der Waals surface area contributed by atoms with E-state index in [4.69, 9.17) is 0 Å². The van der Waals surface area contributed by atoms with E-state index in [0.717, 1.165) is 54.0 Å². The lowest BCUT2D eigenvalue weighted by atomic mass is 9.83. The molecule has 5 rings (SSSR count). The third-order valence-electron chi connectivity index (χ3n) is 6.76. The van der Waals surface area contributed by atoms with Crippen LogP contribution in [0.4, 0.5) is 26.2 Å². The van der Waals surface area contributed by atoms with E-state index < -0.39 is 23.1 Å². The molecule has 3 aromatic rings. The van der Waals surface area contributed by atoms with Crippen LogP contribution in [0.15, 0.2) is 23.1 Å². The maximum Gasteiger partial charge on any atom is 0.368 e. The molecule has 4 heterocycles. The van der Waals surface area contributed by atoms with E-state index in [2.05, 4.69) is 35.9 Å². The molecule has 3 N–H and O–H groups in total. The van der Waals surface area contributed by atoms with Gasteiger partial charge in [-0.25, -0.2) is 18.6 Å². The number of hydrogen-bond donors (Lipinski definition) is 3. The largest absolute Gasteiger partial charge is 0.506 e. The molecule has 0 aliphatic carbocycles. The normalized spacial score (nSPS) is 20.4. The SMILES string of the molecule is Cn1nnn(-c2cc(Nc3ncc(F)c(NCC4CCCN5CCCCC45)n3)c(F)cc2O)c1=O. The van der Waals surface area contributed by atoms with Crippen molar-refractivity contribution in [2.45, 2.75) is 38.1 Å². The number of tetrazole rings is 1. The van der Waals surface area contributed by atoms with E-state index in [1.165, 1.54) is 26.0 Å². The molecule has 2 aromatic heterocycles. The Hall–Kier alpha value is -3.61.